The summed E-state index contributed by atoms with van der Waals surface area (Å²) in [6.45, 7) is 3.61. The van der Waals surface area contributed by atoms with E-state index in [1.807, 2.05) is 19.1 Å². The van der Waals surface area contributed by atoms with Gasteiger partial charge in [0, 0.05) is 13.1 Å². The third-order valence-corrected chi connectivity index (χ3v) is 3.19. The molecule has 0 aliphatic carbocycles. The van der Waals surface area contributed by atoms with Crippen molar-refractivity contribution in [2.45, 2.75) is 19.4 Å². The Morgan fingerprint density at radius 1 is 1.59 bits per heavy atom. The van der Waals surface area contributed by atoms with Crippen LogP contribution in [0.5, 0.6) is 0 Å². The Kier molecular flexibility index (Phi) is 3.28. The van der Waals surface area contributed by atoms with Crippen molar-refractivity contribution in [3.8, 4) is 0 Å². The molecule has 1 aromatic rings. The number of aliphatic hydroxyl groups excluding tert-OH is 1. The summed E-state index contributed by atoms with van der Waals surface area (Å²) in [5, 5.41) is 17.1. The summed E-state index contributed by atoms with van der Waals surface area (Å²) in [5.74, 6) is 1.06. The predicted octanol–water partition coefficient (Wildman–Crippen LogP) is 0.573. The zero-order valence-corrected chi connectivity index (χ0v) is 9.93. The highest BCUT2D eigenvalue weighted by molar-refractivity contribution is 5.93. The van der Waals surface area contributed by atoms with Gasteiger partial charge in [-0.25, -0.2) is 4.98 Å². The number of rotatable bonds is 2. The third-order valence-electron chi connectivity index (χ3n) is 3.19. The van der Waals surface area contributed by atoms with Crippen LogP contribution in [0.2, 0.25) is 0 Å². The van der Waals surface area contributed by atoms with Crippen LogP contribution in [-0.2, 0) is 0 Å². The van der Waals surface area contributed by atoms with Gasteiger partial charge in [0.1, 0.15) is 17.3 Å². The average Bonchev–Trinajstić information content (AvgIpc) is 2.33. The zero-order valence-electron chi connectivity index (χ0n) is 9.93. The third kappa shape index (κ3) is 2.55. The van der Waals surface area contributed by atoms with E-state index in [1.165, 1.54) is 0 Å². The van der Waals surface area contributed by atoms with Crippen LogP contribution in [0.3, 0.4) is 0 Å². The first-order valence-corrected chi connectivity index (χ1v) is 5.82. The fourth-order valence-corrected chi connectivity index (χ4v) is 2.09. The van der Waals surface area contributed by atoms with Gasteiger partial charge in [-0.15, -0.1) is 0 Å². The molecule has 1 aromatic heterocycles. The number of aliphatic hydroxyl groups is 1. The summed E-state index contributed by atoms with van der Waals surface area (Å²) < 4.78 is 0. The normalized spacial score (nSPS) is 24.7. The summed E-state index contributed by atoms with van der Waals surface area (Å²) in [6, 6.07) is 5.50. The van der Waals surface area contributed by atoms with Crippen LogP contribution < -0.4 is 10.6 Å². The molecule has 0 saturated carbocycles. The molecule has 5 nitrogen and oxygen atoms in total. The molecule has 1 aliphatic heterocycles. The van der Waals surface area contributed by atoms with Gasteiger partial charge in [-0.2, -0.15) is 0 Å². The first-order valence-electron chi connectivity index (χ1n) is 5.82. The van der Waals surface area contributed by atoms with Gasteiger partial charge >= 0.3 is 0 Å². The van der Waals surface area contributed by atoms with Crippen molar-refractivity contribution >= 4 is 11.7 Å². The van der Waals surface area contributed by atoms with Crippen molar-refractivity contribution in [3.63, 3.8) is 0 Å². The number of nitrogens with one attached hydrogen (secondary N) is 1. The van der Waals surface area contributed by atoms with Gasteiger partial charge in [-0.1, -0.05) is 13.0 Å². The van der Waals surface area contributed by atoms with Crippen LogP contribution in [-0.4, -0.2) is 35.1 Å². The largest absolute Gasteiger partial charge is 0.393 e. The highest BCUT2D eigenvalue weighted by Gasteiger charge is 2.24. The molecule has 2 heterocycles. The molecule has 2 rings (SSSR count). The minimum absolute atomic E-state index is 0.0167. The maximum atomic E-state index is 9.68. The zero-order chi connectivity index (χ0) is 12.4. The number of aromatic nitrogens is 1. The van der Waals surface area contributed by atoms with Gasteiger partial charge in [-0.05, 0) is 24.5 Å². The topological polar surface area (TPSA) is 86.2 Å². The Bertz CT molecular complexity index is 421. The van der Waals surface area contributed by atoms with Crippen molar-refractivity contribution in [3.05, 3.63) is 23.9 Å². The Labute approximate surface area is 101 Å². The highest BCUT2D eigenvalue weighted by atomic mass is 16.3. The van der Waals surface area contributed by atoms with Gasteiger partial charge in [-0.3, -0.25) is 5.41 Å². The van der Waals surface area contributed by atoms with Crippen molar-refractivity contribution in [1.82, 2.24) is 4.98 Å². The number of anilines is 1. The van der Waals surface area contributed by atoms with Crippen LogP contribution in [0.25, 0.3) is 0 Å². The van der Waals surface area contributed by atoms with Gasteiger partial charge in [0.25, 0.3) is 0 Å². The van der Waals surface area contributed by atoms with Gasteiger partial charge < -0.3 is 15.7 Å². The molecule has 92 valence electrons. The number of nitrogens with zero attached hydrogens (tertiary/aromatic N) is 2. The number of hydrogen-bond acceptors (Lipinski definition) is 4. The molecule has 5 heteroatoms. The standard InChI is InChI=1S/C12H18N4O/c1-8-7-16(6-5-10(8)17)11-4-2-3-9(15-11)12(13)14/h2-4,8,10,17H,5-7H2,1H3,(H3,13,14). The van der Waals surface area contributed by atoms with Crippen molar-refractivity contribution in [2.75, 3.05) is 18.0 Å². The molecule has 0 amide bonds. The minimum Gasteiger partial charge on any atom is -0.393 e. The molecule has 0 aromatic carbocycles. The number of nitrogen functional groups attached to an aromatic ring is 1. The number of pyridine rings is 1. The van der Waals surface area contributed by atoms with E-state index in [9.17, 15) is 5.11 Å². The molecule has 0 radical (unpaired) electrons. The molecule has 17 heavy (non-hydrogen) atoms. The molecule has 1 aliphatic rings. The van der Waals surface area contributed by atoms with Gasteiger partial charge in [0.05, 0.1) is 6.10 Å². The summed E-state index contributed by atoms with van der Waals surface area (Å²) in [5.41, 5.74) is 5.92. The maximum Gasteiger partial charge on any atom is 0.141 e. The Balaban J connectivity index is 2.17. The fourth-order valence-electron chi connectivity index (χ4n) is 2.09. The van der Waals surface area contributed by atoms with Crippen molar-refractivity contribution in [2.24, 2.45) is 11.7 Å². The maximum absolute atomic E-state index is 9.68. The molecular formula is C12H18N4O. The lowest BCUT2D eigenvalue weighted by atomic mass is 9.97. The van der Waals surface area contributed by atoms with E-state index < -0.39 is 0 Å². The summed E-state index contributed by atoms with van der Waals surface area (Å²) >= 11 is 0. The fraction of sp³-hybridized carbons (Fsp3) is 0.500. The van der Waals surface area contributed by atoms with Crippen LogP contribution in [0.4, 0.5) is 5.82 Å². The lowest BCUT2D eigenvalue weighted by Gasteiger charge is -2.35. The molecule has 2 unspecified atom stereocenters. The van der Waals surface area contributed by atoms with E-state index in [0.29, 0.717) is 5.69 Å². The number of amidine groups is 1. The second-order valence-corrected chi connectivity index (χ2v) is 4.57. The number of hydrogen-bond donors (Lipinski definition) is 3. The van der Waals surface area contributed by atoms with Gasteiger partial charge in [0.15, 0.2) is 0 Å². The van der Waals surface area contributed by atoms with Gasteiger partial charge in [0.2, 0.25) is 0 Å². The SMILES string of the molecule is CC1CN(c2cccc(C(=N)N)n2)CCC1O. The van der Waals surface area contributed by atoms with E-state index in [0.717, 1.165) is 25.3 Å². The molecule has 2 atom stereocenters. The lowest BCUT2D eigenvalue weighted by molar-refractivity contribution is 0.0969. The minimum atomic E-state index is -0.220. The summed E-state index contributed by atoms with van der Waals surface area (Å²) in [6.07, 6.45) is 0.537. The predicted molar refractivity (Wildman–Crippen MR) is 67.3 cm³/mol. The monoisotopic (exact) mass is 234 g/mol. The van der Waals surface area contributed by atoms with Crippen molar-refractivity contribution < 1.29 is 5.11 Å². The highest BCUT2D eigenvalue weighted by Crippen LogP contribution is 2.21. The molecular weight excluding hydrogens is 216 g/mol. The van der Waals surface area contributed by atoms with Crippen LogP contribution in [0, 0.1) is 11.3 Å². The summed E-state index contributed by atoms with van der Waals surface area (Å²) in [7, 11) is 0. The number of piperidine rings is 1. The van der Waals surface area contributed by atoms with Crippen molar-refractivity contribution in [1.29, 1.82) is 5.41 Å². The van der Waals surface area contributed by atoms with Crippen LogP contribution in [0.15, 0.2) is 18.2 Å². The van der Waals surface area contributed by atoms with Crippen LogP contribution >= 0.6 is 0 Å². The number of nitrogens with two attached hydrogens (primary N) is 1. The first kappa shape index (κ1) is 11.9. The Hall–Kier alpha value is -1.62. The molecule has 4 N–H and O–H groups in total. The molecule has 0 spiro atoms. The second kappa shape index (κ2) is 4.71. The first-order chi connectivity index (χ1) is 8.08. The smallest absolute Gasteiger partial charge is 0.141 e. The van der Waals surface area contributed by atoms with E-state index in [4.69, 9.17) is 11.1 Å². The lowest BCUT2D eigenvalue weighted by Crippen LogP contribution is -2.42. The Morgan fingerprint density at radius 2 is 2.35 bits per heavy atom. The van der Waals surface area contributed by atoms with Crippen LogP contribution in [0.1, 0.15) is 19.0 Å². The molecule has 0 bridgehead atoms. The molecule has 1 fully saturated rings. The van der Waals surface area contributed by atoms with E-state index in [1.54, 1.807) is 6.07 Å². The Morgan fingerprint density at radius 3 is 3.00 bits per heavy atom. The second-order valence-electron chi connectivity index (χ2n) is 4.57. The quantitative estimate of drug-likeness (QED) is 0.516. The van der Waals surface area contributed by atoms with E-state index in [-0.39, 0.29) is 17.9 Å². The summed E-state index contributed by atoms with van der Waals surface area (Å²) in [4.78, 5) is 6.48. The van der Waals surface area contributed by atoms with E-state index >= 15 is 0 Å². The molecule has 1 saturated heterocycles. The van der Waals surface area contributed by atoms with E-state index in [2.05, 4.69) is 9.88 Å². The average molecular weight is 234 g/mol.